The zero-order valence-electron chi connectivity index (χ0n) is 22.8. The van der Waals surface area contributed by atoms with Gasteiger partial charge in [-0.1, -0.05) is 79.2 Å². The van der Waals surface area contributed by atoms with E-state index in [0.717, 1.165) is 16.1 Å². The maximum absolute atomic E-state index is 14.0. The number of amides is 2. The number of ketones is 1. The van der Waals surface area contributed by atoms with E-state index in [1.54, 1.807) is 36.4 Å². The SMILES string of the molecule is CCCNC(=O)[C@H](Cc1ccccc1)N(Cc1ccccc1Cl)C(=O)CN(c1cccc(C(C)=O)c1)S(C)(=O)=O. The Morgan fingerprint density at radius 2 is 1.62 bits per heavy atom. The second-order valence-corrected chi connectivity index (χ2v) is 11.8. The molecule has 0 unspecified atom stereocenters. The summed E-state index contributed by atoms with van der Waals surface area (Å²) in [6.45, 7) is 3.14. The van der Waals surface area contributed by atoms with Gasteiger partial charge in [0.25, 0.3) is 0 Å². The highest BCUT2D eigenvalue weighted by Gasteiger charge is 2.33. The molecule has 3 aromatic carbocycles. The van der Waals surface area contributed by atoms with E-state index in [1.165, 1.54) is 24.0 Å². The molecule has 0 saturated carbocycles. The molecular weight excluding hydrogens is 550 g/mol. The van der Waals surface area contributed by atoms with Crippen molar-refractivity contribution in [1.82, 2.24) is 10.2 Å². The molecule has 3 aromatic rings. The number of Topliss-reactive ketones (excluding diaryl/α,β-unsaturated/α-hetero) is 1. The standard InChI is InChI=1S/C30H34ClN3O5S/c1-4-17-32-30(37)28(18-23-11-6-5-7-12-23)33(20-25-13-8-9-16-27(25)31)29(36)21-34(40(3,38)39)26-15-10-14-24(19-26)22(2)35/h5-16,19,28H,4,17-18,20-21H2,1-3H3,(H,32,37)/t28-/m0/s1. The van der Waals surface area contributed by atoms with Gasteiger partial charge < -0.3 is 10.2 Å². The summed E-state index contributed by atoms with van der Waals surface area (Å²) in [6, 6.07) is 21.5. The lowest BCUT2D eigenvalue weighted by atomic mass is 10.0. The minimum atomic E-state index is -3.94. The van der Waals surface area contributed by atoms with E-state index >= 15 is 0 Å². The summed E-state index contributed by atoms with van der Waals surface area (Å²) in [5.74, 6) is -1.18. The molecule has 0 radical (unpaired) electrons. The van der Waals surface area contributed by atoms with Gasteiger partial charge in [-0.05, 0) is 42.7 Å². The Morgan fingerprint density at radius 3 is 2.25 bits per heavy atom. The van der Waals surface area contributed by atoms with Crippen LogP contribution in [0.4, 0.5) is 5.69 Å². The van der Waals surface area contributed by atoms with Crippen molar-refractivity contribution >= 4 is 44.9 Å². The quantitative estimate of drug-likeness (QED) is 0.299. The normalized spacial score (nSPS) is 11.9. The Hall–Kier alpha value is -3.69. The van der Waals surface area contributed by atoms with Crippen LogP contribution in [0.5, 0.6) is 0 Å². The van der Waals surface area contributed by atoms with Crippen molar-refractivity contribution in [1.29, 1.82) is 0 Å². The van der Waals surface area contributed by atoms with Gasteiger partial charge in [0.15, 0.2) is 5.78 Å². The molecule has 10 heteroatoms. The van der Waals surface area contributed by atoms with E-state index in [9.17, 15) is 22.8 Å². The van der Waals surface area contributed by atoms with E-state index < -0.39 is 28.5 Å². The molecule has 0 fully saturated rings. The van der Waals surface area contributed by atoms with Crippen molar-refractivity contribution in [3.63, 3.8) is 0 Å². The zero-order valence-corrected chi connectivity index (χ0v) is 24.4. The predicted molar refractivity (Wildman–Crippen MR) is 158 cm³/mol. The van der Waals surface area contributed by atoms with E-state index in [4.69, 9.17) is 11.6 Å². The van der Waals surface area contributed by atoms with Crippen LogP contribution in [-0.4, -0.2) is 56.3 Å². The molecule has 3 rings (SSSR count). The largest absolute Gasteiger partial charge is 0.354 e. The maximum Gasteiger partial charge on any atom is 0.244 e. The highest BCUT2D eigenvalue weighted by atomic mass is 35.5. The van der Waals surface area contributed by atoms with Crippen LogP contribution in [0.3, 0.4) is 0 Å². The molecule has 0 heterocycles. The molecule has 0 aromatic heterocycles. The first-order valence-corrected chi connectivity index (χ1v) is 15.2. The van der Waals surface area contributed by atoms with Crippen LogP contribution in [-0.2, 0) is 32.6 Å². The number of benzene rings is 3. The van der Waals surface area contributed by atoms with Gasteiger partial charge in [0.05, 0.1) is 11.9 Å². The molecule has 0 saturated heterocycles. The molecule has 2 amide bonds. The fourth-order valence-corrected chi connectivity index (χ4v) is 5.26. The van der Waals surface area contributed by atoms with Crippen LogP contribution in [0.15, 0.2) is 78.9 Å². The van der Waals surface area contributed by atoms with Gasteiger partial charge in [0.1, 0.15) is 12.6 Å². The number of nitrogens with one attached hydrogen (secondary N) is 1. The molecule has 40 heavy (non-hydrogen) atoms. The van der Waals surface area contributed by atoms with Crippen LogP contribution < -0.4 is 9.62 Å². The van der Waals surface area contributed by atoms with Crippen LogP contribution in [0, 0.1) is 0 Å². The van der Waals surface area contributed by atoms with E-state index in [-0.39, 0.29) is 30.3 Å². The summed E-state index contributed by atoms with van der Waals surface area (Å²) < 4.78 is 26.7. The monoisotopic (exact) mass is 583 g/mol. The van der Waals surface area contributed by atoms with Crippen LogP contribution in [0.1, 0.15) is 41.8 Å². The highest BCUT2D eigenvalue weighted by Crippen LogP contribution is 2.23. The van der Waals surface area contributed by atoms with Crippen molar-refractivity contribution in [3.05, 3.63) is 101 Å². The van der Waals surface area contributed by atoms with Gasteiger partial charge in [-0.3, -0.25) is 18.7 Å². The molecule has 8 nitrogen and oxygen atoms in total. The second kappa shape index (κ2) is 14.1. The van der Waals surface area contributed by atoms with Crippen LogP contribution in [0.25, 0.3) is 0 Å². The Bertz CT molecular complexity index is 1450. The number of halogens is 1. The lowest BCUT2D eigenvalue weighted by Crippen LogP contribution is -2.53. The number of hydrogen-bond donors (Lipinski definition) is 1. The average Bonchev–Trinajstić information content (AvgIpc) is 2.93. The first-order valence-electron chi connectivity index (χ1n) is 12.9. The first-order chi connectivity index (χ1) is 19.0. The molecular formula is C30H34ClN3O5S. The lowest BCUT2D eigenvalue weighted by molar-refractivity contribution is -0.140. The zero-order chi connectivity index (χ0) is 29.3. The Kier molecular flexibility index (Phi) is 10.9. The number of hydrogen-bond acceptors (Lipinski definition) is 5. The van der Waals surface area contributed by atoms with Crippen LogP contribution in [0.2, 0.25) is 5.02 Å². The lowest BCUT2D eigenvalue weighted by Gasteiger charge is -2.33. The summed E-state index contributed by atoms with van der Waals surface area (Å²) in [5.41, 5.74) is 1.94. The molecule has 0 aliphatic carbocycles. The van der Waals surface area contributed by atoms with E-state index in [1.807, 2.05) is 37.3 Å². The molecule has 0 aliphatic rings. The number of sulfonamides is 1. The van der Waals surface area contributed by atoms with Gasteiger partial charge in [0.2, 0.25) is 21.8 Å². The highest BCUT2D eigenvalue weighted by molar-refractivity contribution is 7.92. The van der Waals surface area contributed by atoms with E-state index in [0.29, 0.717) is 29.1 Å². The third-order valence-electron chi connectivity index (χ3n) is 6.34. The molecule has 0 spiro atoms. The van der Waals surface area contributed by atoms with Crippen LogP contribution >= 0.6 is 11.6 Å². The first kappa shape index (κ1) is 30.8. The fraction of sp³-hybridized carbons (Fsp3) is 0.300. The third-order valence-corrected chi connectivity index (χ3v) is 7.85. The Labute approximate surface area is 241 Å². The number of carbonyl (C=O) groups is 3. The fourth-order valence-electron chi connectivity index (χ4n) is 4.22. The van der Waals surface area contributed by atoms with E-state index in [2.05, 4.69) is 5.32 Å². The van der Waals surface area contributed by atoms with Crippen molar-refractivity contribution in [3.8, 4) is 0 Å². The van der Waals surface area contributed by atoms with Gasteiger partial charge in [-0.2, -0.15) is 0 Å². The third kappa shape index (κ3) is 8.40. The Balaban J connectivity index is 2.07. The van der Waals surface area contributed by atoms with Crippen molar-refractivity contribution in [2.45, 2.75) is 39.3 Å². The summed E-state index contributed by atoms with van der Waals surface area (Å²) in [5, 5.41) is 3.31. The van der Waals surface area contributed by atoms with Crippen molar-refractivity contribution in [2.75, 3.05) is 23.7 Å². The molecule has 1 N–H and O–H groups in total. The summed E-state index contributed by atoms with van der Waals surface area (Å²) in [4.78, 5) is 40.9. The number of carbonyl (C=O) groups excluding carboxylic acids is 3. The minimum Gasteiger partial charge on any atom is -0.354 e. The Morgan fingerprint density at radius 1 is 0.950 bits per heavy atom. The number of nitrogens with zero attached hydrogens (tertiary/aromatic N) is 2. The predicted octanol–water partition coefficient (Wildman–Crippen LogP) is 4.47. The topological polar surface area (TPSA) is 104 Å². The molecule has 212 valence electrons. The van der Waals surface area contributed by atoms with Gasteiger partial charge in [-0.15, -0.1) is 0 Å². The summed E-state index contributed by atoms with van der Waals surface area (Å²) >= 11 is 6.45. The van der Waals surface area contributed by atoms with Crippen molar-refractivity contribution in [2.24, 2.45) is 0 Å². The van der Waals surface area contributed by atoms with Crippen molar-refractivity contribution < 1.29 is 22.8 Å². The summed E-state index contributed by atoms with van der Waals surface area (Å²) in [6.07, 6.45) is 1.91. The molecule has 1 atom stereocenters. The van der Waals surface area contributed by atoms with Gasteiger partial charge in [0, 0.05) is 30.1 Å². The van der Waals surface area contributed by atoms with Gasteiger partial charge in [-0.25, -0.2) is 8.42 Å². The minimum absolute atomic E-state index is 0.0133. The van der Waals surface area contributed by atoms with Gasteiger partial charge >= 0.3 is 0 Å². The number of anilines is 1. The smallest absolute Gasteiger partial charge is 0.244 e. The molecule has 0 aliphatic heterocycles. The second-order valence-electron chi connectivity index (χ2n) is 9.49. The number of rotatable bonds is 13. The summed E-state index contributed by atoms with van der Waals surface area (Å²) in [7, 11) is -3.94. The maximum atomic E-state index is 14.0. The molecule has 0 bridgehead atoms. The average molecular weight is 584 g/mol.